The molecular weight excluding hydrogens is 184 g/mol. The van der Waals surface area contributed by atoms with Gasteiger partial charge in [-0.05, 0) is 0 Å². The summed E-state index contributed by atoms with van der Waals surface area (Å²) in [6, 6.07) is 0. The van der Waals surface area contributed by atoms with Crippen LogP contribution in [-0.4, -0.2) is 23.7 Å². The van der Waals surface area contributed by atoms with E-state index in [0.29, 0.717) is 0 Å². The minimum atomic E-state index is -1.12. The highest BCUT2D eigenvalue weighted by Gasteiger charge is 2.28. The van der Waals surface area contributed by atoms with Crippen LogP contribution in [0.2, 0.25) is 0 Å². The van der Waals surface area contributed by atoms with E-state index in [1.807, 2.05) is 0 Å². The Bertz CT molecular complexity index is 281. The van der Waals surface area contributed by atoms with Crippen LogP contribution in [0.5, 0.6) is 0 Å². The zero-order valence-electron chi connectivity index (χ0n) is 7.47. The highest BCUT2D eigenvalue weighted by molar-refractivity contribution is 5.71. The van der Waals surface area contributed by atoms with Crippen LogP contribution in [0.25, 0.3) is 0 Å². The van der Waals surface area contributed by atoms with Gasteiger partial charge in [-0.2, -0.15) is 0 Å². The van der Waals surface area contributed by atoms with Crippen molar-refractivity contribution >= 4 is 12.4 Å². The lowest BCUT2D eigenvalue weighted by Gasteiger charge is -2.18. The Hall–Kier alpha value is -1.94. The molecule has 4 nitrogen and oxygen atoms in total. The van der Waals surface area contributed by atoms with Crippen LogP contribution in [-0.2, 0) is 14.3 Å². The molecular formula is C10H10O4. The van der Waals surface area contributed by atoms with E-state index in [-0.39, 0.29) is 19.3 Å². The fourth-order valence-corrected chi connectivity index (χ4v) is 0.977. The molecule has 1 N–H and O–H groups in total. The third-order valence-electron chi connectivity index (χ3n) is 1.65. The zero-order chi connectivity index (χ0) is 11.0. The van der Waals surface area contributed by atoms with E-state index >= 15 is 0 Å². The van der Waals surface area contributed by atoms with Crippen molar-refractivity contribution < 1.29 is 19.4 Å². The number of carbonyl (C=O) groups excluding carboxylic acids is 1. The van der Waals surface area contributed by atoms with Crippen LogP contribution in [0.1, 0.15) is 12.8 Å². The van der Waals surface area contributed by atoms with Gasteiger partial charge in [0, 0.05) is 12.8 Å². The van der Waals surface area contributed by atoms with Gasteiger partial charge in [0.2, 0.25) is 0 Å². The Morgan fingerprint density at radius 1 is 1.43 bits per heavy atom. The van der Waals surface area contributed by atoms with Crippen LogP contribution in [0.3, 0.4) is 0 Å². The second-order valence-electron chi connectivity index (χ2n) is 2.53. The molecule has 0 saturated heterocycles. The summed E-state index contributed by atoms with van der Waals surface area (Å²) in [5.41, 5.74) is 0. The van der Waals surface area contributed by atoms with Crippen molar-refractivity contribution in [2.24, 2.45) is 5.92 Å². The molecule has 0 saturated carbocycles. The number of hydrogen-bond acceptors (Lipinski definition) is 3. The van der Waals surface area contributed by atoms with Gasteiger partial charge in [-0.3, -0.25) is 9.59 Å². The van der Waals surface area contributed by atoms with Gasteiger partial charge in [0.25, 0.3) is 6.47 Å². The summed E-state index contributed by atoms with van der Waals surface area (Å²) in [7, 11) is 0. The van der Waals surface area contributed by atoms with Gasteiger partial charge >= 0.3 is 5.97 Å². The lowest BCUT2D eigenvalue weighted by atomic mass is 9.97. The highest BCUT2D eigenvalue weighted by Crippen LogP contribution is 2.14. The first-order valence-corrected chi connectivity index (χ1v) is 3.86. The third kappa shape index (κ3) is 3.64. The fraction of sp³-hybridized carbons (Fsp3) is 0.400. The number of carbonyl (C=O) groups is 2. The predicted molar refractivity (Wildman–Crippen MR) is 49.0 cm³/mol. The van der Waals surface area contributed by atoms with Gasteiger partial charge in [-0.15, -0.1) is 24.7 Å². The molecule has 0 amide bonds. The minimum Gasteiger partial charge on any atom is -0.481 e. The zero-order valence-corrected chi connectivity index (χ0v) is 7.47. The maximum Gasteiger partial charge on any atom is 0.311 e. The van der Waals surface area contributed by atoms with Crippen LogP contribution >= 0.6 is 0 Å². The summed E-state index contributed by atoms with van der Waals surface area (Å²) >= 11 is 0. The van der Waals surface area contributed by atoms with Crippen molar-refractivity contribution in [3.63, 3.8) is 0 Å². The van der Waals surface area contributed by atoms with E-state index in [2.05, 4.69) is 16.6 Å². The number of rotatable bonds is 6. The maximum absolute atomic E-state index is 10.7. The van der Waals surface area contributed by atoms with E-state index in [1.54, 1.807) is 0 Å². The van der Waals surface area contributed by atoms with Crippen molar-refractivity contribution in [3.8, 4) is 24.7 Å². The first kappa shape index (κ1) is 12.1. The topological polar surface area (TPSA) is 63.6 Å². The average Bonchev–Trinajstić information content (AvgIpc) is 2.13. The summed E-state index contributed by atoms with van der Waals surface area (Å²) in [6.45, 7) is 0.175. The Kier molecular flexibility index (Phi) is 5.65. The number of carboxylic acid groups (broad SMARTS) is 1. The standard InChI is InChI=1S/C10H10O4/c1-3-5-8(10(12)13)9(6-4-2)14-7-11/h1-2,7-9H,5-6H2,(H,12,13). The third-order valence-corrected chi connectivity index (χ3v) is 1.65. The first-order valence-electron chi connectivity index (χ1n) is 3.86. The smallest absolute Gasteiger partial charge is 0.311 e. The number of aliphatic carboxylic acids is 1. The molecule has 0 rings (SSSR count). The van der Waals surface area contributed by atoms with Gasteiger partial charge in [-0.25, -0.2) is 0 Å². The molecule has 74 valence electrons. The normalized spacial score (nSPS) is 13.0. The van der Waals surface area contributed by atoms with E-state index in [1.165, 1.54) is 0 Å². The average molecular weight is 194 g/mol. The van der Waals surface area contributed by atoms with Crippen molar-refractivity contribution in [2.75, 3.05) is 0 Å². The molecule has 0 aliphatic carbocycles. The largest absolute Gasteiger partial charge is 0.481 e. The Morgan fingerprint density at radius 3 is 2.36 bits per heavy atom. The molecule has 0 spiro atoms. The monoisotopic (exact) mass is 194 g/mol. The lowest BCUT2D eigenvalue weighted by molar-refractivity contribution is -0.150. The molecule has 0 aliphatic rings. The number of carboxylic acids is 1. The van der Waals surface area contributed by atoms with E-state index < -0.39 is 18.0 Å². The molecule has 2 atom stereocenters. The van der Waals surface area contributed by atoms with Crippen molar-refractivity contribution in [1.29, 1.82) is 0 Å². The second-order valence-corrected chi connectivity index (χ2v) is 2.53. The molecule has 0 aliphatic heterocycles. The van der Waals surface area contributed by atoms with Crippen molar-refractivity contribution in [3.05, 3.63) is 0 Å². The lowest BCUT2D eigenvalue weighted by Crippen LogP contribution is -2.30. The van der Waals surface area contributed by atoms with Gasteiger partial charge in [0.05, 0.1) is 0 Å². The fourth-order valence-electron chi connectivity index (χ4n) is 0.977. The molecule has 0 aromatic heterocycles. The van der Waals surface area contributed by atoms with Crippen LogP contribution < -0.4 is 0 Å². The molecule has 14 heavy (non-hydrogen) atoms. The van der Waals surface area contributed by atoms with E-state index in [0.717, 1.165) is 0 Å². The van der Waals surface area contributed by atoms with Gasteiger partial charge in [-0.1, -0.05) is 0 Å². The van der Waals surface area contributed by atoms with Crippen LogP contribution in [0.15, 0.2) is 0 Å². The molecule has 4 heteroatoms. The number of terminal acetylenes is 2. The number of ether oxygens (including phenoxy) is 1. The Labute approximate surface area is 82.3 Å². The molecule has 0 heterocycles. The molecule has 0 bridgehead atoms. The molecule has 0 aromatic carbocycles. The predicted octanol–water partition coefficient (Wildman–Crippen LogP) is 0.275. The first-order chi connectivity index (χ1) is 6.67. The summed E-state index contributed by atoms with van der Waals surface area (Å²) in [4.78, 5) is 20.8. The van der Waals surface area contributed by atoms with Crippen molar-refractivity contribution in [1.82, 2.24) is 0 Å². The van der Waals surface area contributed by atoms with E-state index in [4.69, 9.17) is 18.0 Å². The summed E-state index contributed by atoms with van der Waals surface area (Å²) < 4.78 is 4.56. The van der Waals surface area contributed by atoms with E-state index in [9.17, 15) is 9.59 Å². The number of hydrogen-bond donors (Lipinski definition) is 1. The summed E-state index contributed by atoms with van der Waals surface area (Å²) in [6.07, 6.45) is 9.16. The molecule has 0 fully saturated rings. The van der Waals surface area contributed by atoms with Crippen LogP contribution in [0, 0.1) is 30.6 Å². The molecule has 2 unspecified atom stereocenters. The SMILES string of the molecule is C#CCC(OC=O)C(CC#C)C(=O)O. The second kappa shape index (κ2) is 6.56. The molecule has 0 aromatic rings. The Morgan fingerprint density at radius 2 is 2.00 bits per heavy atom. The summed E-state index contributed by atoms with van der Waals surface area (Å²) in [5, 5.41) is 8.77. The van der Waals surface area contributed by atoms with Gasteiger partial charge in [0.15, 0.2) is 0 Å². The summed E-state index contributed by atoms with van der Waals surface area (Å²) in [5.74, 6) is 2.37. The maximum atomic E-state index is 10.7. The van der Waals surface area contributed by atoms with Crippen LogP contribution in [0.4, 0.5) is 0 Å². The Balaban J connectivity index is 4.56. The highest BCUT2D eigenvalue weighted by atomic mass is 16.5. The van der Waals surface area contributed by atoms with Gasteiger partial charge < -0.3 is 9.84 Å². The van der Waals surface area contributed by atoms with Crippen molar-refractivity contribution in [2.45, 2.75) is 18.9 Å². The van der Waals surface area contributed by atoms with Gasteiger partial charge in [0.1, 0.15) is 12.0 Å². The minimum absolute atomic E-state index is 0.0183. The quantitative estimate of drug-likeness (QED) is 0.487. The molecule has 0 radical (unpaired) electrons.